The highest BCUT2D eigenvalue weighted by Crippen LogP contribution is 2.51. The zero-order chi connectivity index (χ0) is 33.8. The van der Waals surface area contributed by atoms with Gasteiger partial charge in [0.2, 0.25) is 0 Å². The Balaban J connectivity index is 0.0000110. The van der Waals surface area contributed by atoms with Crippen LogP contribution in [0.5, 0.6) is 0 Å². The van der Waals surface area contributed by atoms with Crippen molar-refractivity contribution in [1.29, 1.82) is 0 Å². The minimum Gasteiger partial charge on any atom is -0.390 e. The van der Waals surface area contributed by atoms with Crippen LogP contribution >= 0.6 is 12.4 Å². The summed E-state index contributed by atoms with van der Waals surface area (Å²) in [5.74, 6) is 8.43. The highest BCUT2D eigenvalue weighted by Gasteiger charge is 2.43. The van der Waals surface area contributed by atoms with E-state index in [9.17, 15) is 0 Å². The Morgan fingerprint density at radius 2 is 0.872 bits per heavy atom. The second kappa shape index (κ2) is 26.2. The van der Waals surface area contributed by atoms with Gasteiger partial charge in [-0.15, -0.1) is 12.4 Å². The Bertz CT molecular complexity index is 700. The summed E-state index contributed by atoms with van der Waals surface area (Å²) in [6.45, 7) is 17.0. The molecule has 6 heteroatoms. The van der Waals surface area contributed by atoms with Gasteiger partial charge in [-0.2, -0.15) is 0 Å². The van der Waals surface area contributed by atoms with Crippen LogP contribution in [0.15, 0.2) is 0 Å². The van der Waals surface area contributed by atoms with Gasteiger partial charge < -0.3 is 19.7 Å². The van der Waals surface area contributed by atoms with Crippen LogP contribution in [0.1, 0.15) is 189 Å². The predicted octanol–water partition coefficient (Wildman–Crippen LogP) is 11.6. The van der Waals surface area contributed by atoms with E-state index in [0.29, 0.717) is 6.42 Å². The second-order valence-corrected chi connectivity index (χ2v) is 19.4. The molecule has 0 spiro atoms. The molecule has 4 N–H and O–H groups in total. The fourth-order valence-electron chi connectivity index (χ4n) is 9.79. The van der Waals surface area contributed by atoms with Crippen molar-refractivity contribution in [3.63, 3.8) is 0 Å². The summed E-state index contributed by atoms with van der Waals surface area (Å²) >= 11 is 0. The van der Waals surface area contributed by atoms with Crippen LogP contribution in [0.3, 0.4) is 0 Å². The van der Waals surface area contributed by atoms with E-state index >= 15 is 0 Å². The first-order valence-corrected chi connectivity index (χ1v) is 22.9. The van der Waals surface area contributed by atoms with Crippen LogP contribution in [0.25, 0.3) is 0 Å². The molecule has 0 radical (unpaired) electrons. The normalized spacial score (nSPS) is 26.1. The van der Waals surface area contributed by atoms with Crippen molar-refractivity contribution in [3.05, 3.63) is 0 Å². The molecule has 6 unspecified atom stereocenters. The third-order valence-electron chi connectivity index (χ3n) is 12.5. The molecule has 47 heavy (non-hydrogen) atoms. The average Bonchev–Trinajstić information content (AvgIpc) is 2.98. The first-order chi connectivity index (χ1) is 22.0. The van der Waals surface area contributed by atoms with Gasteiger partial charge in [0.15, 0.2) is 0 Å². The van der Waals surface area contributed by atoms with E-state index in [0.717, 1.165) is 66.4 Å². The largest absolute Gasteiger partial charge is 0.492 e. The maximum absolute atomic E-state index is 9.01. The molecular formula is C41H84ClNO3Si. The average molecular weight is 703 g/mol. The minimum atomic E-state index is -3.84. The smallest absolute Gasteiger partial charge is 0.390 e. The van der Waals surface area contributed by atoms with Crippen LogP contribution in [-0.4, -0.2) is 36.3 Å². The van der Waals surface area contributed by atoms with Crippen LogP contribution in [0.2, 0.25) is 6.04 Å². The molecule has 4 nitrogen and oxygen atoms in total. The fourth-order valence-corrected chi connectivity index (χ4v) is 10.4. The van der Waals surface area contributed by atoms with Gasteiger partial charge >= 0.3 is 8.80 Å². The number of unbranched alkanes of at least 4 members (excludes halogenated alkanes) is 14. The standard InChI is InChI=1S/C41H83NO3Si.ClH/c1-33(2)37-26-24-35(5)31-40(37)39(41-32-36(6)25-27-38(41)34(3)4)23-20-18-16-14-12-10-8-7-9-11-13-15-17-19-21-28-42-29-22-30-46(43,44)45;/h33-45H,7-32H2,1-6H3;1H. The fraction of sp³-hybridized carbons (Fsp3) is 1.00. The van der Waals surface area contributed by atoms with Crippen LogP contribution in [-0.2, 0) is 0 Å². The van der Waals surface area contributed by atoms with Crippen molar-refractivity contribution in [2.24, 2.45) is 53.3 Å². The molecule has 0 aromatic heterocycles. The van der Waals surface area contributed by atoms with Gasteiger partial charge in [-0.1, -0.05) is 144 Å². The van der Waals surface area contributed by atoms with E-state index in [-0.39, 0.29) is 18.5 Å². The van der Waals surface area contributed by atoms with E-state index in [4.69, 9.17) is 14.4 Å². The molecule has 2 aliphatic rings. The van der Waals surface area contributed by atoms with Crippen LogP contribution in [0, 0.1) is 53.3 Å². The molecule has 0 aliphatic heterocycles. The van der Waals surface area contributed by atoms with Crippen LogP contribution < -0.4 is 5.32 Å². The number of halogens is 1. The monoisotopic (exact) mass is 702 g/mol. The lowest BCUT2D eigenvalue weighted by atomic mass is 9.56. The van der Waals surface area contributed by atoms with Gasteiger partial charge in [0.1, 0.15) is 0 Å². The summed E-state index contributed by atoms with van der Waals surface area (Å²) in [5, 5.41) is 3.34. The van der Waals surface area contributed by atoms with E-state index in [2.05, 4.69) is 46.9 Å². The zero-order valence-corrected chi connectivity index (χ0v) is 34.1. The molecule has 0 heterocycles. The van der Waals surface area contributed by atoms with E-state index in [1.807, 2.05) is 0 Å². The molecule has 0 aromatic rings. The van der Waals surface area contributed by atoms with Crippen molar-refractivity contribution in [3.8, 4) is 0 Å². The molecule has 0 saturated heterocycles. The van der Waals surface area contributed by atoms with Gasteiger partial charge in [0, 0.05) is 6.04 Å². The lowest BCUT2D eigenvalue weighted by Crippen LogP contribution is -2.41. The summed E-state index contributed by atoms with van der Waals surface area (Å²) in [7, 11) is -3.84. The van der Waals surface area contributed by atoms with Crippen molar-refractivity contribution in [2.75, 3.05) is 13.1 Å². The molecule has 0 aromatic carbocycles. The molecule has 0 bridgehead atoms. The SMILES string of the molecule is CC1CCC(C(C)C)C(C(CCCCCCCCCCCCCCCCCNCCC[Si](O)(O)O)C2CC(C)CCC2C(C)C)C1.Cl. The van der Waals surface area contributed by atoms with Crippen molar-refractivity contribution < 1.29 is 14.4 Å². The zero-order valence-electron chi connectivity index (χ0n) is 32.3. The molecule has 2 rings (SSSR count). The number of nitrogens with one attached hydrogen (secondary N) is 1. The predicted molar refractivity (Wildman–Crippen MR) is 209 cm³/mol. The Kier molecular flexibility index (Phi) is 25.3. The molecule has 0 amide bonds. The molecule has 6 atom stereocenters. The van der Waals surface area contributed by atoms with Crippen molar-refractivity contribution in [2.45, 2.75) is 195 Å². The molecule has 2 fully saturated rings. The molecule has 2 saturated carbocycles. The maximum Gasteiger partial charge on any atom is 0.492 e. The Morgan fingerprint density at radius 3 is 1.26 bits per heavy atom. The quantitative estimate of drug-likeness (QED) is 0.0535. The summed E-state index contributed by atoms with van der Waals surface area (Å²) < 4.78 is 0. The van der Waals surface area contributed by atoms with E-state index < -0.39 is 8.80 Å². The number of hydrogen-bond acceptors (Lipinski definition) is 4. The Hall–Kier alpha value is 0.347. The van der Waals surface area contributed by atoms with Gasteiger partial charge in [-0.05, 0) is 111 Å². The third-order valence-corrected chi connectivity index (χ3v) is 13.5. The molecule has 2 aliphatic carbocycles. The maximum atomic E-state index is 9.01. The third kappa shape index (κ3) is 20.1. The lowest BCUT2D eigenvalue weighted by Gasteiger charge is -2.49. The van der Waals surface area contributed by atoms with Gasteiger partial charge in [0.05, 0.1) is 0 Å². The summed E-state index contributed by atoms with van der Waals surface area (Å²) in [6, 6.07) is 0.137. The molecule has 282 valence electrons. The summed E-state index contributed by atoms with van der Waals surface area (Å²) in [6.07, 6.45) is 32.1. The van der Waals surface area contributed by atoms with Crippen LogP contribution in [0.4, 0.5) is 0 Å². The van der Waals surface area contributed by atoms with Gasteiger partial charge in [-0.3, -0.25) is 0 Å². The van der Waals surface area contributed by atoms with E-state index in [1.165, 1.54) is 141 Å². The Morgan fingerprint density at radius 1 is 0.511 bits per heavy atom. The number of hydrogen-bond donors (Lipinski definition) is 4. The highest BCUT2D eigenvalue weighted by atomic mass is 35.5. The summed E-state index contributed by atoms with van der Waals surface area (Å²) in [4.78, 5) is 27.0. The first kappa shape index (κ1) is 45.4. The minimum absolute atomic E-state index is 0. The second-order valence-electron chi connectivity index (χ2n) is 17.4. The Labute approximate surface area is 301 Å². The lowest BCUT2D eigenvalue weighted by molar-refractivity contribution is 0.000914. The topological polar surface area (TPSA) is 72.7 Å². The van der Waals surface area contributed by atoms with E-state index in [1.54, 1.807) is 0 Å². The summed E-state index contributed by atoms with van der Waals surface area (Å²) in [5.41, 5.74) is 0. The first-order valence-electron chi connectivity index (χ1n) is 20.9. The number of rotatable bonds is 26. The van der Waals surface area contributed by atoms with Gasteiger partial charge in [0.25, 0.3) is 0 Å². The van der Waals surface area contributed by atoms with Crippen molar-refractivity contribution in [1.82, 2.24) is 5.32 Å². The van der Waals surface area contributed by atoms with Gasteiger partial charge in [-0.25, -0.2) is 0 Å². The highest BCUT2D eigenvalue weighted by molar-refractivity contribution is 6.56. The van der Waals surface area contributed by atoms with Crippen molar-refractivity contribution >= 4 is 21.2 Å². The molecular weight excluding hydrogens is 618 g/mol.